The van der Waals surface area contributed by atoms with Crippen LogP contribution in [0.5, 0.6) is 0 Å². The number of carboxylic acid groups (broad SMARTS) is 1. The first-order chi connectivity index (χ1) is 10.1. The third-order valence-electron chi connectivity index (χ3n) is 3.02. The van der Waals surface area contributed by atoms with Crippen LogP contribution >= 0.6 is 0 Å². The third kappa shape index (κ3) is 3.89. The van der Waals surface area contributed by atoms with Crippen LogP contribution in [0.1, 0.15) is 22.5 Å². The van der Waals surface area contributed by atoms with Crippen LogP contribution in [-0.4, -0.2) is 28.5 Å². The molecule has 21 heavy (non-hydrogen) atoms. The van der Waals surface area contributed by atoms with Crippen LogP contribution in [0.15, 0.2) is 48.7 Å². The standard InChI is InChI=1S/C16H16N2O3/c1-12-7-8-13(11-17-12)16(21)18(10-9-15(19)20)14-5-3-2-4-6-14/h2-8,11H,9-10H2,1H3,(H,19,20). The van der Waals surface area contributed by atoms with E-state index in [-0.39, 0.29) is 18.9 Å². The van der Waals surface area contributed by atoms with Gasteiger partial charge in [0.25, 0.3) is 5.91 Å². The molecule has 2 aromatic rings. The van der Waals surface area contributed by atoms with Gasteiger partial charge >= 0.3 is 5.97 Å². The molecule has 0 aliphatic rings. The number of pyridine rings is 1. The number of hydrogen-bond acceptors (Lipinski definition) is 3. The van der Waals surface area contributed by atoms with Gasteiger partial charge in [-0.05, 0) is 31.2 Å². The van der Waals surface area contributed by atoms with Gasteiger partial charge in [-0.3, -0.25) is 14.6 Å². The molecule has 0 atom stereocenters. The fraction of sp³-hybridized carbons (Fsp3) is 0.188. The number of amides is 1. The maximum Gasteiger partial charge on any atom is 0.305 e. The van der Waals surface area contributed by atoms with E-state index in [0.29, 0.717) is 11.3 Å². The molecule has 0 fully saturated rings. The second-order valence-electron chi connectivity index (χ2n) is 4.62. The summed E-state index contributed by atoms with van der Waals surface area (Å²) in [6.07, 6.45) is 1.40. The molecule has 0 aliphatic carbocycles. The van der Waals surface area contributed by atoms with Crippen molar-refractivity contribution in [2.45, 2.75) is 13.3 Å². The van der Waals surface area contributed by atoms with Crippen LogP contribution < -0.4 is 4.90 Å². The largest absolute Gasteiger partial charge is 0.481 e. The van der Waals surface area contributed by atoms with E-state index < -0.39 is 5.97 Å². The van der Waals surface area contributed by atoms with Gasteiger partial charge in [0.2, 0.25) is 0 Å². The molecule has 0 aliphatic heterocycles. The van der Waals surface area contributed by atoms with E-state index in [9.17, 15) is 9.59 Å². The molecular weight excluding hydrogens is 268 g/mol. The zero-order valence-electron chi connectivity index (χ0n) is 11.7. The van der Waals surface area contributed by atoms with Crippen molar-refractivity contribution in [1.29, 1.82) is 0 Å². The summed E-state index contributed by atoms with van der Waals surface area (Å²) in [5, 5.41) is 8.85. The minimum atomic E-state index is -0.939. The fourth-order valence-corrected chi connectivity index (χ4v) is 1.91. The molecule has 2 rings (SSSR count). The van der Waals surface area contributed by atoms with E-state index in [1.54, 1.807) is 24.3 Å². The normalized spacial score (nSPS) is 10.1. The number of aromatic nitrogens is 1. The highest BCUT2D eigenvalue weighted by Crippen LogP contribution is 2.17. The number of benzene rings is 1. The first-order valence-electron chi connectivity index (χ1n) is 6.59. The maximum atomic E-state index is 12.6. The van der Waals surface area contributed by atoms with Crippen molar-refractivity contribution < 1.29 is 14.7 Å². The second-order valence-corrected chi connectivity index (χ2v) is 4.62. The molecule has 1 N–H and O–H groups in total. The van der Waals surface area contributed by atoms with Gasteiger partial charge in [-0.1, -0.05) is 18.2 Å². The third-order valence-corrected chi connectivity index (χ3v) is 3.02. The molecule has 0 bridgehead atoms. The van der Waals surface area contributed by atoms with Crippen molar-refractivity contribution in [3.8, 4) is 0 Å². The highest BCUT2D eigenvalue weighted by molar-refractivity contribution is 6.06. The Morgan fingerprint density at radius 3 is 2.43 bits per heavy atom. The summed E-state index contributed by atoms with van der Waals surface area (Å²) in [6, 6.07) is 12.5. The molecule has 0 saturated heterocycles. The number of hydrogen-bond donors (Lipinski definition) is 1. The number of para-hydroxylation sites is 1. The molecule has 1 aromatic carbocycles. The Morgan fingerprint density at radius 1 is 1.14 bits per heavy atom. The first-order valence-corrected chi connectivity index (χ1v) is 6.59. The lowest BCUT2D eigenvalue weighted by molar-refractivity contribution is -0.136. The Morgan fingerprint density at radius 2 is 1.86 bits per heavy atom. The molecular formula is C16H16N2O3. The fourth-order valence-electron chi connectivity index (χ4n) is 1.91. The van der Waals surface area contributed by atoms with Gasteiger partial charge in [-0.25, -0.2) is 0 Å². The molecule has 0 unspecified atom stereocenters. The van der Waals surface area contributed by atoms with E-state index >= 15 is 0 Å². The number of carbonyl (C=O) groups is 2. The second kappa shape index (κ2) is 6.65. The van der Waals surface area contributed by atoms with E-state index in [1.807, 2.05) is 25.1 Å². The monoisotopic (exact) mass is 284 g/mol. The molecule has 1 amide bonds. The highest BCUT2D eigenvalue weighted by Gasteiger charge is 2.18. The number of aliphatic carboxylic acids is 1. The number of aryl methyl sites for hydroxylation is 1. The Kier molecular flexibility index (Phi) is 4.66. The van der Waals surface area contributed by atoms with Gasteiger partial charge in [-0.15, -0.1) is 0 Å². The summed E-state index contributed by atoms with van der Waals surface area (Å²) in [5.74, 6) is -1.19. The Balaban J connectivity index is 2.28. The van der Waals surface area contributed by atoms with E-state index in [0.717, 1.165) is 5.69 Å². The van der Waals surface area contributed by atoms with Gasteiger partial charge in [0, 0.05) is 24.1 Å². The summed E-state index contributed by atoms with van der Waals surface area (Å²) in [7, 11) is 0. The average Bonchev–Trinajstić information content (AvgIpc) is 2.49. The molecule has 108 valence electrons. The summed E-state index contributed by atoms with van der Waals surface area (Å²) >= 11 is 0. The average molecular weight is 284 g/mol. The van der Waals surface area contributed by atoms with Crippen molar-refractivity contribution in [3.05, 3.63) is 59.9 Å². The van der Waals surface area contributed by atoms with Crippen LogP contribution in [-0.2, 0) is 4.79 Å². The van der Waals surface area contributed by atoms with Crippen molar-refractivity contribution in [1.82, 2.24) is 4.98 Å². The number of nitrogens with zero attached hydrogens (tertiary/aromatic N) is 2. The SMILES string of the molecule is Cc1ccc(C(=O)N(CCC(=O)O)c2ccccc2)cn1. The van der Waals surface area contributed by atoms with Crippen LogP contribution in [0.4, 0.5) is 5.69 Å². The van der Waals surface area contributed by atoms with Crippen LogP contribution in [0, 0.1) is 6.92 Å². The summed E-state index contributed by atoms with van der Waals surface area (Å²) < 4.78 is 0. The molecule has 0 spiro atoms. The van der Waals surface area contributed by atoms with E-state index in [1.165, 1.54) is 11.1 Å². The summed E-state index contributed by atoms with van der Waals surface area (Å²) in [6.45, 7) is 1.96. The lowest BCUT2D eigenvalue weighted by Gasteiger charge is -2.22. The predicted molar refractivity (Wildman–Crippen MR) is 79.3 cm³/mol. The van der Waals surface area contributed by atoms with Crippen LogP contribution in [0.2, 0.25) is 0 Å². The zero-order valence-corrected chi connectivity index (χ0v) is 11.7. The minimum Gasteiger partial charge on any atom is -0.481 e. The molecule has 0 saturated carbocycles. The highest BCUT2D eigenvalue weighted by atomic mass is 16.4. The van der Waals surface area contributed by atoms with Crippen molar-refractivity contribution in [2.24, 2.45) is 0 Å². The van der Waals surface area contributed by atoms with Crippen molar-refractivity contribution >= 4 is 17.6 Å². The van der Waals surface area contributed by atoms with Crippen molar-refractivity contribution in [2.75, 3.05) is 11.4 Å². The number of carboxylic acids is 1. The summed E-state index contributed by atoms with van der Waals surface area (Å²) in [5.41, 5.74) is 1.93. The molecule has 1 aromatic heterocycles. The van der Waals surface area contributed by atoms with E-state index in [4.69, 9.17) is 5.11 Å². The van der Waals surface area contributed by atoms with Crippen LogP contribution in [0.25, 0.3) is 0 Å². The topological polar surface area (TPSA) is 70.5 Å². The van der Waals surface area contributed by atoms with Gasteiger partial charge in [0.15, 0.2) is 0 Å². The zero-order chi connectivity index (χ0) is 15.2. The first kappa shape index (κ1) is 14.7. The molecule has 5 heteroatoms. The van der Waals surface area contributed by atoms with Gasteiger partial charge in [0.1, 0.15) is 0 Å². The van der Waals surface area contributed by atoms with E-state index in [2.05, 4.69) is 4.98 Å². The molecule has 0 radical (unpaired) electrons. The number of anilines is 1. The lowest BCUT2D eigenvalue weighted by atomic mass is 10.2. The van der Waals surface area contributed by atoms with Gasteiger partial charge in [0.05, 0.1) is 12.0 Å². The maximum absolute atomic E-state index is 12.6. The Bertz CT molecular complexity index is 624. The minimum absolute atomic E-state index is 0.111. The smallest absolute Gasteiger partial charge is 0.305 e. The lowest BCUT2D eigenvalue weighted by Crippen LogP contribution is -2.33. The quantitative estimate of drug-likeness (QED) is 0.915. The number of rotatable bonds is 5. The van der Waals surface area contributed by atoms with Gasteiger partial charge < -0.3 is 10.0 Å². The Hall–Kier alpha value is -2.69. The predicted octanol–water partition coefficient (Wildman–Crippen LogP) is 2.51. The Labute approximate surface area is 122 Å². The summed E-state index contributed by atoms with van der Waals surface area (Å²) in [4.78, 5) is 28.9. The molecule has 5 nitrogen and oxygen atoms in total. The van der Waals surface area contributed by atoms with Crippen molar-refractivity contribution in [3.63, 3.8) is 0 Å². The molecule has 1 heterocycles. The number of carbonyl (C=O) groups excluding carboxylic acids is 1. The van der Waals surface area contributed by atoms with Gasteiger partial charge in [-0.2, -0.15) is 0 Å². The van der Waals surface area contributed by atoms with Crippen LogP contribution in [0.3, 0.4) is 0 Å².